The van der Waals surface area contributed by atoms with Crippen LogP contribution >= 0.6 is 23.2 Å². The van der Waals surface area contributed by atoms with Crippen LogP contribution in [0.3, 0.4) is 0 Å². The van der Waals surface area contributed by atoms with E-state index >= 15 is 0 Å². The molecule has 1 saturated heterocycles. The highest BCUT2D eigenvalue weighted by atomic mass is 35.5. The highest BCUT2D eigenvalue weighted by Crippen LogP contribution is 2.22. The van der Waals surface area contributed by atoms with Gasteiger partial charge in [-0.3, -0.25) is 9.69 Å². The van der Waals surface area contributed by atoms with Crippen molar-refractivity contribution >= 4 is 29.1 Å². The smallest absolute Gasteiger partial charge is 0.223 e. The average molecular weight is 395 g/mol. The number of rotatable bonds is 5. The van der Waals surface area contributed by atoms with Gasteiger partial charge in [0.05, 0.1) is 0 Å². The number of nitrogens with zero attached hydrogens (tertiary/aromatic N) is 1. The molecule has 0 spiro atoms. The third-order valence-corrected chi connectivity index (χ3v) is 5.23. The molecule has 1 N–H and O–H groups in total. The molecule has 0 radical (unpaired) electrons. The molecule has 1 fully saturated rings. The van der Waals surface area contributed by atoms with E-state index in [1.807, 2.05) is 24.3 Å². The first kappa shape index (κ1) is 19.2. The Labute approximate surface area is 163 Å². The third-order valence-electron chi connectivity index (χ3n) is 4.75. The third kappa shape index (κ3) is 5.19. The van der Waals surface area contributed by atoms with Crippen LogP contribution in [0.4, 0.5) is 4.39 Å². The van der Waals surface area contributed by atoms with Gasteiger partial charge in [-0.2, -0.15) is 0 Å². The topological polar surface area (TPSA) is 32.3 Å². The Morgan fingerprint density at radius 1 is 1.08 bits per heavy atom. The van der Waals surface area contributed by atoms with Gasteiger partial charge < -0.3 is 5.32 Å². The van der Waals surface area contributed by atoms with Crippen LogP contribution in [0, 0.1) is 11.7 Å². The average Bonchev–Trinajstić information content (AvgIpc) is 2.64. The molecule has 138 valence electrons. The lowest BCUT2D eigenvalue weighted by molar-refractivity contribution is -0.126. The van der Waals surface area contributed by atoms with E-state index in [4.69, 9.17) is 23.2 Å². The number of carbonyl (C=O) groups is 1. The molecule has 0 atom stereocenters. The van der Waals surface area contributed by atoms with Crippen molar-refractivity contribution in [2.45, 2.75) is 25.9 Å². The summed E-state index contributed by atoms with van der Waals surface area (Å²) in [6.07, 6.45) is 1.56. The first-order chi connectivity index (χ1) is 12.5. The van der Waals surface area contributed by atoms with E-state index in [1.165, 1.54) is 6.07 Å². The zero-order valence-electron chi connectivity index (χ0n) is 14.4. The molecule has 0 saturated carbocycles. The summed E-state index contributed by atoms with van der Waals surface area (Å²) in [6.45, 7) is 2.61. The monoisotopic (exact) mass is 394 g/mol. The Kier molecular flexibility index (Phi) is 6.52. The largest absolute Gasteiger partial charge is 0.352 e. The van der Waals surface area contributed by atoms with Crippen LogP contribution in [0.5, 0.6) is 0 Å². The number of halogens is 3. The standard InChI is InChI=1S/C20H21Cl2FN2O/c21-17-4-1-14(2-5-17)12-24-20(26)15-7-9-25(10-8-15)13-16-3-6-18(22)11-19(16)23/h1-6,11,15H,7-10,12-13H2,(H,24,26). The Morgan fingerprint density at radius 3 is 2.38 bits per heavy atom. The van der Waals surface area contributed by atoms with Crippen molar-refractivity contribution in [1.29, 1.82) is 0 Å². The molecule has 1 aliphatic heterocycles. The normalized spacial score (nSPS) is 15.8. The van der Waals surface area contributed by atoms with Crippen molar-refractivity contribution < 1.29 is 9.18 Å². The lowest BCUT2D eigenvalue weighted by atomic mass is 9.95. The van der Waals surface area contributed by atoms with E-state index in [-0.39, 0.29) is 17.6 Å². The number of benzene rings is 2. The molecule has 3 nitrogen and oxygen atoms in total. The van der Waals surface area contributed by atoms with Gasteiger partial charge in [-0.15, -0.1) is 0 Å². The second-order valence-corrected chi connectivity index (χ2v) is 7.50. The van der Waals surface area contributed by atoms with Gasteiger partial charge >= 0.3 is 0 Å². The number of amides is 1. The van der Waals surface area contributed by atoms with E-state index in [2.05, 4.69) is 10.2 Å². The fourth-order valence-corrected chi connectivity index (χ4v) is 3.46. The second kappa shape index (κ2) is 8.85. The molecule has 0 aromatic heterocycles. The van der Waals surface area contributed by atoms with Gasteiger partial charge in [0.1, 0.15) is 5.82 Å². The van der Waals surface area contributed by atoms with Crippen LogP contribution in [0.15, 0.2) is 42.5 Å². The fourth-order valence-electron chi connectivity index (χ4n) is 3.18. The summed E-state index contributed by atoms with van der Waals surface area (Å²) >= 11 is 11.7. The van der Waals surface area contributed by atoms with E-state index in [1.54, 1.807) is 12.1 Å². The number of hydrogen-bond acceptors (Lipinski definition) is 2. The second-order valence-electron chi connectivity index (χ2n) is 6.63. The first-order valence-corrected chi connectivity index (χ1v) is 9.45. The number of hydrogen-bond donors (Lipinski definition) is 1. The minimum Gasteiger partial charge on any atom is -0.352 e. The summed E-state index contributed by atoms with van der Waals surface area (Å²) in [5, 5.41) is 4.08. The number of likely N-dealkylation sites (tertiary alicyclic amines) is 1. The van der Waals surface area contributed by atoms with Gasteiger partial charge in [0.15, 0.2) is 0 Å². The lowest BCUT2D eigenvalue weighted by Gasteiger charge is -2.31. The van der Waals surface area contributed by atoms with Gasteiger partial charge in [0.2, 0.25) is 5.91 Å². The lowest BCUT2D eigenvalue weighted by Crippen LogP contribution is -2.40. The van der Waals surface area contributed by atoms with Crippen LogP contribution in [-0.2, 0) is 17.9 Å². The fraction of sp³-hybridized carbons (Fsp3) is 0.350. The SMILES string of the molecule is O=C(NCc1ccc(Cl)cc1)C1CCN(Cc2ccc(Cl)cc2F)CC1. The summed E-state index contributed by atoms with van der Waals surface area (Å²) in [5.74, 6) is -0.189. The van der Waals surface area contributed by atoms with Crippen molar-refractivity contribution in [2.75, 3.05) is 13.1 Å². The Balaban J connectivity index is 1.45. The molecular formula is C20H21Cl2FN2O. The highest BCUT2D eigenvalue weighted by molar-refractivity contribution is 6.30. The van der Waals surface area contributed by atoms with Crippen LogP contribution in [0.1, 0.15) is 24.0 Å². The van der Waals surface area contributed by atoms with Gasteiger partial charge in [0, 0.05) is 34.6 Å². The molecule has 0 unspecified atom stereocenters. The Hall–Kier alpha value is -1.62. The molecule has 1 aliphatic rings. The van der Waals surface area contributed by atoms with Crippen molar-refractivity contribution in [2.24, 2.45) is 5.92 Å². The zero-order chi connectivity index (χ0) is 18.5. The maximum atomic E-state index is 13.9. The van der Waals surface area contributed by atoms with Crippen molar-refractivity contribution in [3.05, 3.63) is 69.5 Å². The number of carbonyl (C=O) groups excluding carboxylic acids is 1. The van der Waals surface area contributed by atoms with Crippen LogP contribution in [0.2, 0.25) is 10.0 Å². The summed E-state index contributed by atoms with van der Waals surface area (Å²) < 4.78 is 13.9. The summed E-state index contributed by atoms with van der Waals surface area (Å²) in [6, 6.07) is 12.2. The molecule has 1 amide bonds. The minimum atomic E-state index is -0.277. The summed E-state index contributed by atoms with van der Waals surface area (Å²) in [7, 11) is 0. The van der Waals surface area contributed by atoms with Crippen molar-refractivity contribution in [3.8, 4) is 0 Å². The molecule has 3 rings (SSSR count). The first-order valence-electron chi connectivity index (χ1n) is 8.69. The van der Waals surface area contributed by atoms with Crippen LogP contribution in [0.25, 0.3) is 0 Å². The molecule has 0 bridgehead atoms. The van der Waals surface area contributed by atoms with E-state index in [0.717, 1.165) is 31.5 Å². The molecule has 2 aromatic rings. The van der Waals surface area contributed by atoms with E-state index in [9.17, 15) is 9.18 Å². The van der Waals surface area contributed by atoms with E-state index < -0.39 is 0 Å². The number of piperidine rings is 1. The van der Waals surface area contributed by atoms with Gasteiger partial charge in [0.25, 0.3) is 0 Å². The highest BCUT2D eigenvalue weighted by Gasteiger charge is 2.25. The quantitative estimate of drug-likeness (QED) is 0.799. The maximum Gasteiger partial charge on any atom is 0.223 e. The molecule has 2 aromatic carbocycles. The van der Waals surface area contributed by atoms with Gasteiger partial charge in [-0.1, -0.05) is 41.4 Å². The Morgan fingerprint density at radius 2 is 1.73 bits per heavy atom. The number of nitrogens with one attached hydrogen (secondary N) is 1. The van der Waals surface area contributed by atoms with Crippen molar-refractivity contribution in [3.63, 3.8) is 0 Å². The van der Waals surface area contributed by atoms with Crippen LogP contribution in [-0.4, -0.2) is 23.9 Å². The Bertz CT molecular complexity index is 759. The van der Waals surface area contributed by atoms with E-state index in [0.29, 0.717) is 28.7 Å². The summed E-state index contributed by atoms with van der Waals surface area (Å²) in [5.41, 5.74) is 1.67. The predicted octanol–water partition coefficient (Wildman–Crippen LogP) is 4.66. The maximum absolute atomic E-state index is 13.9. The van der Waals surface area contributed by atoms with Crippen LogP contribution < -0.4 is 5.32 Å². The van der Waals surface area contributed by atoms with Gasteiger partial charge in [-0.05, 0) is 55.8 Å². The van der Waals surface area contributed by atoms with Gasteiger partial charge in [-0.25, -0.2) is 4.39 Å². The molecule has 1 heterocycles. The molecule has 0 aliphatic carbocycles. The molecular weight excluding hydrogens is 374 g/mol. The minimum absolute atomic E-state index is 0.00798. The molecule has 6 heteroatoms. The molecule has 26 heavy (non-hydrogen) atoms. The summed E-state index contributed by atoms with van der Waals surface area (Å²) in [4.78, 5) is 14.5. The zero-order valence-corrected chi connectivity index (χ0v) is 15.9. The van der Waals surface area contributed by atoms with Crippen molar-refractivity contribution in [1.82, 2.24) is 10.2 Å². The predicted molar refractivity (Wildman–Crippen MR) is 103 cm³/mol.